The van der Waals surface area contributed by atoms with Crippen molar-refractivity contribution in [2.75, 3.05) is 5.32 Å². The first-order chi connectivity index (χ1) is 12.4. The highest BCUT2D eigenvalue weighted by molar-refractivity contribution is 6.31. The van der Waals surface area contributed by atoms with Crippen LogP contribution in [0.25, 0.3) is 0 Å². The van der Waals surface area contributed by atoms with E-state index in [4.69, 9.17) is 16.3 Å². The Balaban J connectivity index is 1.92. The van der Waals surface area contributed by atoms with Crippen molar-refractivity contribution in [3.63, 3.8) is 0 Å². The highest BCUT2D eigenvalue weighted by atomic mass is 35.5. The number of rotatable bonds is 4. The summed E-state index contributed by atoms with van der Waals surface area (Å²) < 4.78 is 32.3. The highest BCUT2D eigenvalue weighted by Gasteiger charge is 2.16. The first-order valence-corrected chi connectivity index (χ1v) is 7.73. The van der Waals surface area contributed by atoms with E-state index < -0.39 is 17.5 Å². The number of nitrogens with one attached hydrogen (secondary N) is 2. The molecule has 3 rings (SSSR count). The largest absolute Gasteiger partial charge is 0.453 e. The van der Waals surface area contributed by atoms with Gasteiger partial charge >= 0.3 is 0 Å². The van der Waals surface area contributed by atoms with Crippen LogP contribution in [-0.2, 0) is 0 Å². The van der Waals surface area contributed by atoms with Gasteiger partial charge in [0.05, 0.1) is 5.56 Å². The third kappa shape index (κ3) is 4.07. The number of pyridine rings is 1. The Morgan fingerprint density at radius 1 is 1.04 bits per heavy atom. The lowest BCUT2D eigenvalue weighted by atomic mass is 10.1. The molecule has 2 N–H and O–H groups in total. The van der Waals surface area contributed by atoms with Crippen LogP contribution in [0.15, 0.2) is 59.5 Å². The average Bonchev–Trinajstić information content (AvgIpc) is 2.57. The Bertz CT molecular complexity index is 1040. The monoisotopic (exact) mass is 376 g/mol. The number of anilines is 1. The minimum Gasteiger partial charge on any atom is -0.453 e. The van der Waals surface area contributed by atoms with Gasteiger partial charge < -0.3 is 15.0 Å². The van der Waals surface area contributed by atoms with E-state index in [1.54, 1.807) is 0 Å². The Morgan fingerprint density at radius 2 is 1.85 bits per heavy atom. The van der Waals surface area contributed by atoms with Gasteiger partial charge in [0.2, 0.25) is 5.56 Å². The van der Waals surface area contributed by atoms with E-state index in [1.807, 2.05) is 0 Å². The zero-order valence-electron chi connectivity index (χ0n) is 13.1. The van der Waals surface area contributed by atoms with Crippen LogP contribution in [0.4, 0.5) is 14.5 Å². The van der Waals surface area contributed by atoms with E-state index >= 15 is 0 Å². The highest BCUT2D eigenvalue weighted by Crippen LogP contribution is 2.30. The van der Waals surface area contributed by atoms with E-state index in [2.05, 4.69) is 10.3 Å². The molecule has 0 atom stereocenters. The molecule has 0 radical (unpaired) electrons. The second-order valence-electron chi connectivity index (χ2n) is 5.21. The van der Waals surface area contributed by atoms with Gasteiger partial charge in [0.15, 0.2) is 11.6 Å². The first-order valence-electron chi connectivity index (χ1n) is 7.35. The SMILES string of the molecule is O=C(Nc1cc[nH]c(=O)c1)c1ccc(Cl)cc1Oc1ccc(F)cc1F. The summed E-state index contributed by atoms with van der Waals surface area (Å²) in [5, 5.41) is 2.79. The fourth-order valence-electron chi connectivity index (χ4n) is 2.17. The fraction of sp³-hybridized carbons (Fsp3) is 0. The molecule has 26 heavy (non-hydrogen) atoms. The van der Waals surface area contributed by atoms with Crippen molar-refractivity contribution >= 4 is 23.2 Å². The first kappa shape index (κ1) is 17.6. The number of amides is 1. The molecule has 0 aliphatic heterocycles. The van der Waals surface area contributed by atoms with Crippen molar-refractivity contribution in [1.82, 2.24) is 4.98 Å². The van der Waals surface area contributed by atoms with Crippen LogP contribution in [0, 0.1) is 11.6 Å². The van der Waals surface area contributed by atoms with Crippen LogP contribution in [-0.4, -0.2) is 10.9 Å². The predicted molar refractivity (Wildman–Crippen MR) is 92.9 cm³/mol. The molecule has 0 saturated heterocycles. The third-order valence-electron chi connectivity index (χ3n) is 3.34. The molecule has 0 bridgehead atoms. The summed E-state index contributed by atoms with van der Waals surface area (Å²) >= 11 is 5.92. The van der Waals surface area contributed by atoms with E-state index in [1.165, 1.54) is 36.5 Å². The van der Waals surface area contributed by atoms with Crippen LogP contribution >= 0.6 is 11.6 Å². The Morgan fingerprint density at radius 3 is 2.58 bits per heavy atom. The molecule has 0 aliphatic carbocycles. The molecule has 3 aromatic rings. The summed E-state index contributed by atoms with van der Waals surface area (Å²) in [7, 11) is 0. The molecule has 2 aromatic carbocycles. The van der Waals surface area contributed by atoms with Gasteiger partial charge in [0, 0.05) is 35.1 Å². The predicted octanol–water partition coefficient (Wildman–Crippen LogP) is 4.35. The van der Waals surface area contributed by atoms with E-state index in [0.29, 0.717) is 6.07 Å². The number of benzene rings is 2. The lowest BCUT2D eigenvalue weighted by Crippen LogP contribution is -2.15. The van der Waals surface area contributed by atoms with Gasteiger partial charge in [-0.25, -0.2) is 8.78 Å². The number of hydrogen-bond acceptors (Lipinski definition) is 3. The van der Waals surface area contributed by atoms with Gasteiger partial charge in [-0.2, -0.15) is 0 Å². The van der Waals surface area contributed by atoms with Crippen LogP contribution in [0.1, 0.15) is 10.4 Å². The van der Waals surface area contributed by atoms with Crippen LogP contribution in [0.3, 0.4) is 0 Å². The minimum absolute atomic E-state index is 0.0228. The molecule has 0 spiro atoms. The molecule has 0 unspecified atom stereocenters. The molecule has 1 amide bonds. The summed E-state index contributed by atoms with van der Waals surface area (Å²) in [6.45, 7) is 0. The van der Waals surface area contributed by atoms with Crippen molar-refractivity contribution in [3.05, 3.63) is 87.3 Å². The molecule has 132 valence electrons. The molecule has 0 fully saturated rings. The van der Waals surface area contributed by atoms with E-state index in [-0.39, 0.29) is 33.3 Å². The Labute approximate surface area is 151 Å². The van der Waals surface area contributed by atoms with Crippen molar-refractivity contribution < 1.29 is 18.3 Å². The number of carbonyl (C=O) groups is 1. The van der Waals surface area contributed by atoms with Crippen LogP contribution < -0.4 is 15.6 Å². The molecule has 5 nitrogen and oxygen atoms in total. The summed E-state index contributed by atoms with van der Waals surface area (Å²) in [5.41, 5.74) is -0.0604. The number of carbonyl (C=O) groups excluding carboxylic acids is 1. The van der Waals surface area contributed by atoms with Crippen molar-refractivity contribution in [2.24, 2.45) is 0 Å². The lowest BCUT2D eigenvalue weighted by Gasteiger charge is -2.12. The number of aromatic amines is 1. The van der Waals surface area contributed by atoms with E-state index in [0.717, 1.165) is 12.1 Å². The summed E-state index contributed by atoms with van der Waals surface area (Å²) in [5.74, 6) is -2.56. The van der Waals surface area contributed by atoms with Gasteiger partial charge in [0.25, 0.3) is 5.91 Å². The molecule has 0 aliphatic rings. The van der Waals surface area contributed by atoms with Crippen molar-refractivity contribution in [1.29, 1.82) is 0 Å². The minimum atomic E-state index is -0.925. The van der Waals surface area contributed by atoms with Crippen molar-refractivity contribution in [2.45, 2.75) is 0 Å². The van der Waals surface area contributed by atoms with Gasteiger partial charge in [-0.05, 0) is 30.3 Å². The van der Waals surface area contributed by atoms with Crippen molar-refractivity contribution in [3.8, 4) is 11.5 Å². The second kappa shape index (κ2) is 7.37. The lowest BCUT2D eigenvalue weighted by molar-refractivity contribution is 0.102. The summed E-state index contributed by atoms with van der Waals surface area (Å²) in [6.07, 6.45) is 1.38. The summed E-state index contributed by atoms with van der Waals surface area (Å²) in [4.78, 5) is 26.2. The van der Waals surface area contributed by atoms with E-state index in [9.17, 15) is 18.4 Å². The maximum absolute atomic E-state index is 13.8. The zero-order chi connectivity index (χ0) is 18.7. The molecule has 1 aromatic heterocycles. The summed E-state index contributed by atoms with van der Waals surface area (Å²) in [6, 6.07) is 9.67. The Hall–Kier alpha value is -3.19. The third-order valence-corrected chi connectivity index (χ3v) is 3.57. The maximum atomic E-state index is 13.8. The normalized spacial score (nSPS) is 10.4. The number of ether oxygens (including phenoxy) is 1. The number of halogens is 3. The topological polar surface area (TPSA) is 71.2 Å². The van der Waals surface area contributed by atoms with Crippen LogP contribution in [0.2, 0.25) is 5.02 Å². The number of aromatic nitrogens is 1. The molecule has 8 heteroatoms. The average molecular weight is 377 g/mol. The number of hydrogen-bond donors (Lipinski definition) is 2. The standard InChI is InChI=1S/C18H11ClF2N2O3/c19-10-1-3-13(18(25)23-12-5-6-22-17(24)9-12)16(7-10)26-15-4-2-11(20)8-14(15)21/h1-9H,(H2,22,23,24,25). The quantitative estimate of drug-likeness (QED) is 0.711. The molecular weight excluding hydrogens is 366 g/mol. The number of H-pyrrole nitrogens is 1. The molecule has 0 saturated carbocycles. The van der Waals surface area contributed by atoms with Gasteiger partial charge in [-0.3, -0.25) is 9.59 Å². The molecular formula is C18H11ClF2N2O3. The second-order valence-corrected chi connectivity index (χ2v) is 5.65. The van der Waals surface area contributed by atoms with Gasteiger partial charge in [-0.1, -0.05) is 11.6 Å². The van der Waals surface area contributed by atoms with Gasteiger partial charge in [-0.15, -0.1) is 0 Å². The molecule has 1 heterocycles. The smallest absolute Gasteiger partial charge is 0.259 e. The maximum Gasteiger partial charge on any atom is 0.259 e. The van der Waals surface area contributed by atoms with Gasteiger partial charge in [0.1, 0.15) is 11.6 Å². The fourth-order valence-corrected chi connectivity index (χ4v) is 2.33. The zero-order valence-corrected chi connectivity index (χ0v) is 13.8. The Kier molecular flexibility index (Phi) is 4.99. The van der Waals surface area contributed by atoms with Crippen LogP contribution in [0.5, 0.6) is 11.5 Å².